The maximum Gasteiger partial charge on any atom is 0.413 e. The zero-order chi connectivity index (χ0) is 16.7. The Morgan fingerprint density at radius 2 is 1.81 bits per heavy atom. The van der Waals surface area contributed by atoms with Crippen molar-refractivity contribution in [3.63, 3.8) is 0 Å². The average molecular weight is 345 g/mol. The van der Waals surface area contributed by atoms with Gasteiger partial charge in [0, 0.05) is 11.8 Å². The summed E-state index contributed by atoms with van der Waals surface area (Å²) in [6.07, 6.45) is 5.40. The highest BCUT2D eigenvalue weighted by Crippen LogP contribution is 2.07. The first-order valence-electron chi connectivity index (χ1n) is 5.39. The van der Waals surface area contributed by atoms with Gasteiger partial charge in [0.05, 0.1) is 13.2 Å². The van der Waals surface area contributed by atoms with Crippen LogP contribution in [0.1, 0.15) is 13.8 Å². The summed E-state index contributed by atoms with van der Waals surface area (Å²) in [6.45, 7) is 4.79. The largest absolute Gasteiger partial charge is 0.413 e. The monoisotopic (exact) mass is 345 g/mol. The molecule has 1 aliphatic heterocycles. The molecule has 0 atom stereocenters. The molecule has 1 rings (SSSR count). The van der Waals surface area contributed by atoms with E-state index in [-0.39, 0.29) is 5.78 Å². The van der Waals surface area contributed by atoms with Crippen LogP contribution in [0.15, 0.2) is 23.9 Å². The van der Waals surface area contributed by atoms with Gasteiger partial charge in [-0.3, -0.25) is 23.8 Å². The van der Waals surface area contributed by atoms with Gasteiger partial charge in [-0.2, -0.15) is 16.8 Å². The second-order valence-electron chi connectivity index (χ2n) is 3.47. The summed E-state index contributed by atoms with van der Waals surface area (Å²) in [7, 11) is -10.2. The number of carbonyl (C=O) groups is 1. The molecule has 0 aliphatic carbocycles. The number of Topliss-reactive ketones (excluding diaryl/α,β-unsaturated/α-hetero) is 1. The molecule has 1 aliphatic rings. The van der Waals surface area contributed by atoms with E-state index in [1.165, 1.54) is 0 Å². The van der Waals surface area contributed by atoms with E-state index in [2.05, 4.69) is 3.63 Å². The molecule has 0 amide bonds. The van der Waals surface area contributed by atoms with Crippen LogP contribution in [-0.4, -0.2) is 49.9 Å². The summed E-state index contributed by atoms with van der Waals surface area (Å²) in [4.78, 5) is 16.1. The number of allylic oxidation sites excluding steroid dienone is 2. The molecule has 1 heterocycles. The molecule has 12 heteroatoms. The Balaban J connectivity index is 0.000000400. The molecular formula is C9H15NO9S2. The fourth-order valence-corrected chi connectivity index (χ4v) is 1.98. The van der Waals surface area contributed by atoms with Crippen LogP contribution in [0.5, 0.6) is 0 Å². The molecule has 0 saturated carbocycles. The molecule has 21 heavy (non-hydrogen) atoms. The topological polar surface area (TPSA) is 148 Å². The number of hydrogen-bond acceptors (Lipinski definition) is 8. The van der Waals surface area contributed by atoms with Crippen LogP contribution >= 0.6 is 0 Å². The number of nitrogens with zero attached hydrogens (tertiary/aromatic N) is 1. The predicted molar refractivity (Wildman–Crippen MR) is 70.4 cm³/mol. The van der Waals surface area contributed by atoms with Crippen molar-refractivity contribution in [3.8, 4) is 0 Å². The lowest BCUT2D eigenvalue weighted by Crippen LogP contribution is -2.21. The number of ketones is 1. The Morgan fingerprint density at radius 1 is 1.29 bits per heavy atom. The van der Waals surface area contributed by atoms with E-state index in [4.69, 9.17) is 13.9 Å². The van der Waals surface area contributed by atoms with Crippen LogP contribution in [-0.2, 0) is 34.1 Å². The summed E-state index contributed by atoms with van der Waals surface area (Å²) in [5.41, 5.74) is 0.756. The molecule has 0 unspecified atom stereocenters. The van der Waals surface area contributed by atoms with Crippen molar-refractivity contribution in [1.82, 2.24) is 5.06 Å². The predicted octanol–water partition coefficient (Wildman–Crippen LogP) is -0.109. The van der Waals surface area contributed by atoms with Crippen LogP contribution in [0.3, 0.4) is 0 Å². The average Bonchev–Trinajstić information content (AvgIpc) is 2.26. The Kier molecular flexibility index (Phi) is 7.70. The van der Waals surface area contributed by atoms with E-state index in [9.17, 15) is 21.6 Å². The minimum atomic E-state index is -5.12. The molecule has 0 radical (unpaired) electrons. The van der Waals surface area contributed by atoms with E-state index < -0.39 is 20.8 Å². The summed E-state index contributed by atoms with van der Waals surface area (Å²) in [5, 5.41) is 1.70. The first-order valence-corrected chi connectivity index (χ1v) is 8.12. The first-order chi connectivity index (χ1) is 9.44. The van der Waals surface area contributed by atoms with Gasteiger partial charge in [0.2, 0.25) is 0 Å². The second-order valence-corrected chi connectivity index (χ2v) is 5.73. The van der Waals surface area contributed by atoms with Crippen molar-refractivity contribution in [3.05, 3.63) is 23.9 Å². The van der Waals surface area contributed by atoms with Crippen molar-refractivity contribution in [2.75, 3.05) is 13.2 Å². The molecule has 122 valence electrons. The molecule has 0 aromatic carbocycles. The van der Waals surface area contributed by atoms with Gasteiger partial charge < -0.3 is 0 Å². The number of hydroxylamine groups is 2. The summed E-state index contributed by atoms with van der Waals surface area (Å²) >= 11 is 0. The van der Waals surface area contributed by atoms with Crippen LogP contribution in [0, 0.1) is 0 Å². The zero-order valence-corrected chi connectivity index (χ0v) is 12.8. The van der Waals surface area contributed by atoms with Gasteiger partial charge in [-0.05, 0) is 19.9 Å². The molecule has 0 spiro atoms. The SMILES string of the molecule is CCON1C=CC(C(C)=O)=CC1.O=S(=O)(O)OS(=O)(=O)O. The minimum absolute atomic E-state index is 0.0994. The maximum absolute atomic E-state index is 10.9. The fraction of sp³-hybridized carbons (Fsp3) is 0.444. The van der Waals surface area contributed by atoms with Gasteiger partial charge in [-0.1, -0.05) is 6.08 Å². The number of rotatable bonds is 5. The normalized spacial score (nSPS) is 15.0. The van der Waals surface area contributed by atoms with Crippen molar-refractivity contribution in [2.24, 2.45) is 0 Å². The van der Waals surface area contributed by atoms with E-state index >= 15 is 0 Å². The highest BCUT2D eigenvalue weighted by atomic mass is 32.3. The first kappa shape index (κ1) is 19.7. The summed E-state index contributed by atoms with van der Waals surface area (Å²) in [6, 6.07) is 0. The fourth-order valence-electron chi connectivity index (χ4n) is 1.11. The van der Waals surface area contributed by atoms with Gasteiger partial charge in [-0.25, -0.2) is 0 Å². The van der Waals surface area contributed by atoms with Crippen LogP contribution < -0.4 is 0 Å². The van der Waals surface area contributed by atoms with Crippen LogP contribution in [0.4, 0.5) is 0 Å². The molecule has 0 saturated heterocycles. The summed E-state index contributed by atoms with van der Waals surface area (Å²) in [5.74, 6) is 0.0994. The highest BCUT2D eigenvalue weighted by Gasteiger charge is 2.15. The summed E-state index contributed by atoms with van der Waals surface area (Å²) < 4.78 is 55.6. The van der Waals surface area contributed by atoms with Crippen molar-refractivity contribution in [2.45, 2.75) is 13.8 Å². The van der Waals surface area contributed by atoms with E-state index in [1.54, 1.807) is 24.3 Å². The Bertz CT molecular complexity index is 588. The van der Waals surface area contributed by atoms with E-state index in [0.29, 0.717) is 13.2 Å². The third-order valence-corrected chi connectivity index (χ3v) is 3.16. The molecule has 2 N–H and O–H groups in total. The second kappa shape index (κ2) is 8.21. The van der Waals surface area contributed by atoms with Gasteiger partial charge >= 0.3 is 20.8 Å². The van der Waals surface area contributed by atoms with Crippen molar-refractivity contribution < 1.29 is 39.2 Å². The molecule has 0 bridgehead atoms. The maximum atomic E-state index is 10.9. The smallest absolute Gasteiger partial charge is 0.295 e. The van der Waals surface area contributed by atoms with Gasteiger partial charge in [-0.15, -0.1) is 3.63 Å². The Hall–Kier alpha value is -1.31. The lowest BCUT2D eigenvalue weighted by atomic mass is 10.1. The molecule has 0 fully saturated rings. The lowest BCUT2D eigenvalue weighted by molar-refractivity contribution is -0.114. The third kappa shape index (κ3) is 11.1. The highest BCUT2D eigenvalue weighted by molar-refractivity contribution is 7.94. The Morgan fingerprint density at radius 3 is 2.05 bits per heavy atom. The molecular weight excluding hydrogens is 330 g/mol. The van der Waals surface area contributed by atoms with Crippen LogP contribution in [0.2, 0.25) is 0 Å². The lowest BCUT2D eigenvalue weighted by Gasteiger charge is -2.20. The Labute approximate surface area is 122 Å². The van der Waals surface area contributed by atoms with Gasteiger partial charge in [0.25, 0.3) is 0 Å². The molecule has 10 nitrogen and oxygen atoms in total. The molecule has 0 aromatic rings. The van der Waals surface area contributed by atoms with Crippen molar-refractivity contribution >= 4 is 26.6 Å². The van der Waals surface area contributed by atoms with E-state index in [0.717, 1.165) is 5.57 Å². The number of carbonyl (C=O) groups excluding carboxylic acids is 1. The third-order valence-electron chi connectivity index (χ3n) is 1.78. The van der Waals surface area contributed by atoms with Gasteiger partial charge in [0.1, 0.15) is 0 Å². The number of hydrogen-bond donors (Lipinski definition) is 2. The zero-order valence-electron chi connectivity index (χ0n) is 11.2. The quantitative estimate of drug-likeness (QED) is 0.646. The molecule has 0 aromatic heterocycles. The van der Waals surface area contributed by atoms with Crippen LogP contribution in [0.25, 0.3) is 0 Å². The van der Waals surface area contributed by atoms with Crippen molar-refractivity contribution in [1.29, 1.82) is 0 Å². The standard InChI is InChI=1S/C9H13NO2.H2O7S2/c1-3-12-10-6-4-9(5-7-10)8(2)11;1-8(2,3)7-9(4,5)6/h4-6H,3,7H2,1-2H3;(H,1,2,3)(H,4,5,6). The minimum Gasteiger partial charge on any atom is -0.295 e. The van der Waals surface area contributed by atoms with Gasteiger partial charge in [0.15, 0.2) is 5.78 Å². The van der Waals surface area contributed by atoms with E-state index in [1.807, 2.05) is 13.0 Å².